The molecular weight excluding hydrogens is 621 g/mol. The Kier molecular flexibility index (Phi) is 9.14. The molecule has 0 saturated heterocycles. The number of halogens is 2. The molecule has 0 spiro atoms. The molecule has 11 nitrogen and oxygen atoms in total. The summed E-state index contributed by atoms with van der Waals surface area (Å²) in [5, 5.41) is 9.69. The summed E-state index contributed by atoms with van der Waals surface area (Å²) in [5.41, 5.74) is 3.62. The van der Waals surface area contributed by atoms with Gasteiger partial charge in [0.2, 0.25) is 15.8 Å². The van der Waals surface area contributed by atoms with Crippen LogP contribution in [0.2, 0.25) is 10.0 Å². The summed E-state index contributed by atoms with van der Waals surface area (Å²) in [6, 6.07) is 12.1. The fourth-order valence-corrected chi connectivity index (χ4v) is 7.29. The number of hydrogen-bond donors (Lipinski definition) is 3. The molecule has 1 fully saturated rings. The number of furan rings is 1. The van der Waals surface area contributed by atoms with Crippen molar-refractivity contribution in [3.05, 3.63) is 92.9 Å². The van der Waals surface area contributed by atoms with Crippen LogP contribution in [0.25, 0.3) is 0 Å². The molecule has 1 saturated carbocycles. The zero-order chi connectivity index (χ0) is 30.9. The Balaban J connectivity index is 1.57. The smallest absolute Gasteiger partial charge is 0.371 e. The highest BCUT2D eigenvalue weighted by Crippen LogP contribution is 2.47. The minimum Gasteiger partial charge on any atom is -0.475 e. The zero-order valence-corrected chi connectivity index (χ0v) is 25.3. The predicted octanol–water partition coefficient (Wildman–Crippen LogP) is 4.67. The van der Waals surface area contributed by atoms with E-state index in [9.17, 15) is 22.8 Å². The number of amides is 2. The number of carboxylic acid groups (broad SMARTS) is 1. The van der Waals surface area contributed by atoms with E-state index in [2.05, 4.69) is 10.2 Å². The van der Waals surface area contributed by atoms with E-state index >= 15 is 0 Å². The van der Waals surface area contributed by atoms with E-state index in [1.54, 1.807) is 41.3 Å². The quantitative estimate of drug-likeness (QED) is 0.282. The van der Waals surface area contributed by atoms with Gasteiger partial charge < -0.3 is 14.4 Å². The summed E-state index contributed by atoms with van der Waals surface area (Å²) in [7, 11) is -3.62. The molecule has 1 aliphatic heterocycles. The third-order valence-electron chi connectivity index (χ3n) is 7.65. The highest BCUT2D eigenvalue weighted by molar-refractivity contribution is 7.88. The number of fused-ring (bicyclic) bond motifs is 1. The number of rotatable bonds is 9. The van der Waals surface area contributed by atoms with Gasteiger partial charge >= 0.3 is 5.97 Å². The van der Waals surface area contributed by atoms with Gasteiger partial charge in [-0.3, -0.25) is 14.4 Å². The van der Waals surface area contributed by atoms with E-state index in [1.165, 1.54) is 18.2 Å². The lowest BCUT2D eigenvalue weighted by Crippen LogP contribution is -2.59. The molecule has 5 rings (SSSR count). The van der Waals surface area contributed by atoms with Crippen molar-refractivity contribution < 1.29 is 37.2 Å². The highest BCUT2D eigenvalue weighted by atomic mass is 35.5. The maximum absolute atomic E-state index is 14.3. The van der Waals surface area contributed by atoms with Crippen LogP contribution >= 0.6 is 23.2 Å². The van der Waals surface area contributed by atoms with Crippen LogP contribution in [0.1, 0.15) is 75.4 Å². The number of aromatic carboxylic acids is 1. The summed E-state index contributed by atoms with van der Waals surface area (Å²) in [4.78, 5) is 46.4. The van der Waals surface area contributed by atoms with Crippen LogP contribution in [0, 0.1) is 0 Å². The van der Waals surface area contributed by atoms with Crippen molar-refractivity contribution in [2.75, 3.05) is 6.26 Å². The summed E-state index contributed by atoms with van der Waals surface area (Å²) < 4.78 is 32.5. The van der Waals surface area contributed by atoms with Crippen molar-refractivity contribution in [2.24, 2.45) is 0 Å². The van der Waals surface area contributed by atoms with Crippen molar-refractivity contribution in [3.63, 3.8) is 0 Å². The molecule has 0 unspecified atom stereocenters. The van der Waals surface area contributed by atoms with E-state index in [-0.39, 0.29) is 29.1 Å². The fraction of sp³-hybridized carbons (Fsp3) is 0.345. The first-order valence-corrected chi connectivity index (χ1v) is 16.2. The first-order valence-electron chi connectivity index (χ1n) is 13.5. The van der Waals surface area contributed by atoms with Crippen molar-refractivity contribution in [1.82, 2.24) is 15.1 Å². The minimum absolute atomic E-state index is 0.174. The van der Waals surface area contributed by atoms with Crippen LogP contribution in [0.4, 0.5) is 0 Å². The number of carbonyl (C=O) groups excluding carboxylic acids is 2. The summed E-state index contributed by atoms with van der Waals surface area (Å²) in [6.45, 7) is -0.259. The van der Waals surface area contributed by atoms with Crippen molar-refractivity contribution in [1.29, 1.82) is 0 Å². The third kappa shape index (κ3) is 6.73. The Hall–Kier alpha value is -3.42. The summed E-state index contributed by atoms with van der Waals surface area (Å²) in [6.07, 6.45) is 3.60. The SMILES string of the molecule is CS(=O)(=O)N[C@H]1CCCC[C@@H]1N1C(=O)c2ccccc2[C@@H](C(=O)NOCc2ccc(C(=O)O)o2)[C@@H]1c1ccc(Cl)cc1Cl. The zero-order valence-electron chi connectivity index (χ0n) is 23.0. The van der Waals surface area contributed by atoms with Gasteiger partial charge in [0.25, 0.3) is 11.8 Å². The Morgan fingerprint density at radius 3 is 2.51 bits per heavy atom. The largest absolute Gasteiger partial charge is 0.475 e. The van der Waals surface area contributed by atoms with Crippen molar-refractivity contribution in [3.8, 4) is 0 Å². The number of carboxylic acids is 1. The predicted molar refractivity (Wildman–Crippen MR) is 157 cm³/mol. The lowest BCUT2D eigenvalue weighted by atomic mass is 9.76. The highest BCUT2D eigenvalue weighted by Gasteiger charge is 2.49. The molecule has 3 aromatic rings. The van der Waals surface area contributed by atoms with Crippen LogP contribution in [0.5, 0.6) is 0 Å². The number of benzene rings is 2. The molecule has 2 aliphatic rings. The second kappa shape index (κ2) is 12.7. The lowest BCUT2D eigenvalue weighted by molar-refractivity contribution is -0.138. The average Bonchev–Trinajstić information content (AvgIpc) is 3.42. The molecule has 4 atom stereocenters. The average molecular weight is 651 g/mol. The maximum atomic E-state index is 14.3. The van der Waals surface area contributed by atoms with Gasteiger partial charge in [0, 0.05) is 27.7 Å². The van der Waals surface area contributed by atoms with Gasteiger partial charge in [0.1, 0.15) is 12.4 Å². The van der Waals surface area contributed by atoms with E-state index in [0.29, 0.717) is 34.6 Å². The van der Waals surface area contributed by atoms with Crippen molar-refractivity contribution in [2.45, 2.75) is 56.3 Å². The minimum atomic E-state index is -3.62. The monoisotopic (exact) mass is 649 g/mol. The van der Waals surface area contributed by atoms with Crippen LogP contribution in [-0.2, 0) is 26.3 Å². The van der Waals surface area contributed by atoms with Gasteiger partial charge in [0.05, 0.1) is 18.2 Å². The van der Waals surface area contributed by atoms with Gasteiger partial charge in [-0.15, -0.1) is 0 Å². The molecule has 43 heavy (non-hydrogen) atoms. The number of sulfonamides is 1. The Morgan fingerprint density at radius 2 is 1.81 bits per heavy atom. The van der Waals surface area contributed by atoms with Gasteiger partial charge in [-0.1, -0.05) is 60.3 Å². The van der Waals surface area contributed by atoms with Crippen LogP contribution < -0.4 is 10.2 Å². The molecule has 14 heteroatoms. The van der Waals surface area contributed by atoms with Crippen LogP contribution in [0.15, 0.2) is 59.0 Å². The molecule has 2 aromatic carbocycles. The second-order valence-electron chi connectivity index (χ2n) is 10.6. The van der Waals surface area contributed by atoms with E-state index in [4.69, 9.17) is 37.6 Å². The van der Waals surface area contributed by atoms with Crippen LogP contribution in [0.3, 0.4) is 0 Å². The molecule has 0 radical (unpaired) electrons. The number of nitrogens with one attached hydrogen (secondary N) is 2. The Labute approximate surface area is 258 Å². The molecule has 1 aliphatic carbocycles. The number of nitrogens with zero attached hydrogens (tertiary/aromatic N) is 1. The first kappa shape index (κ1) is 31.0. The number of hydrogen-bond acceptors (Lipinski definition) is 7. The van der Waals surface area contributed by atoms with Gasteiger partial charge in [0.15, 0.2) is 0 Å². The van der Waals surface area contributed by atoms with Gasteiger partial charge in [-0.2, -0.15) is 0 Å². The lowest BCUT2D eigenvalue weighted by Gasteiger charge is -2.49. The molecule has 0 bridgehead atoms. The van der Waals surface area contributed by atoms with Crippen molar-refractivity contribution >= 4 is 51.0 Å². The first-order chi connectivity index (χ1) is 20.4. The number of hydroxylamine groups is 1. The topological polar surface area (TPSA) is 155 Å². The Morgan fingerprint density at radius 1 is 1.07 bits per heavy atom. The Bertz CT molecular complexity index is 1660. The maximum Gasteiger partial charge on any atom is 0.371 e. The molecular formula is C29H29Cl2N3O8S. The molecule has 2 heterocycles. The number of carbonyl (C=O) groups is 3. The molecule has 2 amide bonds. The standard InChI is InChI=1S/C29H29Cl2N3O8S/c1-43(39,40)33-22-8-4-5-9-23(22)34-26(20-12-10-16(30)14-21(20)31)25(18-6-2-3-7-19(18)28(34)36)27(35)32-41-15-17-11-13-24(42-17)29(37)38/h2-3,6-7,10-14,22-23,25-26,33H,4-5,8-9,15H2,1H3,(H,32,35)(H,37,38)/t22-,23-,25+,26-/m0/s1. The fourth-order valence-electron chi connectivity index (χ4n) is 5.94. The van der Waals surface area contributed by atoms with E-state index in [0.717, 1.165) is 19.1 Å². The second-order valence-corrected chi connectivity index (χ2v) is 13.2. The molecule has 1 aromatic heterocycles. The molecule has 3 N–H and O–H groups in total. The summed E-state index contributed by atoms with van der Waals surface area (Å²) in [5.74, 6) is -3.34. The van der Waals surface area contributed by atoms with E-state index < -0.39 is 45.9 Å². The third-order valence-corrected chi connectivity index (χ3v) is 8.94. The van der Waals surface area contributed by atoms with Crippen LogP contribution in [-0.4, -0.2) is 54.5 Å². The summed E-state index contributed by atoms with van der Waals surface area (Å²) >= 11 is 12.9. The van der Waals surface area contributed by atoms with E-state index in [1.807, 2.05) is 0 Å². The normalized spacial score (nSPS) is 22.2. The van der Waals surface area contributed by atoms with Gasteiger partial charge in [-0.25, -0.2) is 23.4 Å². The molecule has 228 valence electrons. The van der Waals surface area contributed by atoms with Gasteiger partial charge in [-0.05, 0) is 54.3 Å².